The van der Waals surface area contributed by atoms with Crippen molar-refractivity contribution >= 4 is 23.5 Å². The summed E-state index contributed by atoms with van der Waals surface area (Å²) in [6.07, 6.45) is 2.47. The summed E-state index contributed by atoms with van der Waals surface area (Å²) in [5.74, 6) is 0.512. The highest BCUT2D eigenvalue weighted by molar-refractivity contribution is 7.93. The molecule has 1 fully saturated rings. The summed E-state index contributed by atoms with van der Waals surface area (Å²) >= 11 is 0. The Morgan fingerprint density at radius 2 is 2.06 bits per heavy atom. The fourth-order valence-electron chi connectivity index (χ4n) is 1.44. The van der Waals surface area contributed by atoms with Gasteiger partial charge in [0.15, 0.2) is 0 Å². The number of amidine groups is 1. The zero-order chi connectivity index (χ0) is 13.1. The van der Waals surface area contributed by atoms with Crippen LogP contribution in [0.5, 0.6) is 0 Å². The number of nitrogens with one attached hydrogen (secondary N) is 1. The van der Waals surface area contributed by atoms with Gasteiger partial charge in [-0.2, -0.15) is 8.42 Å². The molecule has 17 heavy (non-hydrogen) atoms. The molecule has 0 radical (unpaired) electrons. The van der Waals surface area contributed by atoms with Crippen molar-refractivity contribution in [2.75, 3.05) is 13.1 Å². The lowest BCUT2D eigenvalue weighted by Crippen LogP contribution is -2.31. The van der Waals surface area contributed by atoms with Crippen molar-refractivity contribution in [2.45, 2.75) is 24.3 Å². The van der Waals surface area contributed by atoms with Gasteiger partial charge in [0.05, 0.1) is 12.4 Å². The number of aliphatic imine (C=N–C) groups is 1. The molecule has 1 aliphatic rings. The van der Waals surface area contributed by atoms with Gasteiger partial charge < -0.3 is 15.1 Å². The lowest BCUT2D eigenvalue weighted by Gasteiger charge is -2.17. The smallest absolute Gasteiger partial charge is 0.348 e. The maximum absolute atomic E-state index is 10.9. The van der Waals surface area contributed by atoms with Crippen molar-refractivity contribution in [1.29, 1.82) is 0 Å². The average Bonchev–Trinajstić information content (AvgIpc) is 2.15. The maximum atomic E-state index is 10.9. The van der Waals surface area contributed by atoms with Crippen LogP contribution in [0.25, 0.3) is 0 Å². The van der Waals surface area contributed by atoms with Gasteiger partial charge in [-0.1, -0.05) is 0 Å². The lowest BCUT2D eigenvalue weighted by molar-refractivity contribution is 0.364. The Bertz CT molecular complexity index is 433. The summed E-state index contributed by atoms with van der Waals surface area (Å²) in [5.41, 5.74) is 0. The zero-order valence-electron chi connectivity index (χ0n) is 8.98. The Hall–Kier alpha value is -0.470. The third-order valence-corrected chi connectivity index (χ3v) is 5.70. The number of piperidine rings is 1. The van der Waals surface area contributed by atoms with Crippen LogP contribution in [0.1, 0.15) is 19.3 Å². The van der Waals surface area contributed by atoms with E-state index in [1.807, 2.05) is 0 Å². The number of nitrogens with zero attached hydrogens (tertiary/aromatic N) is 1. The topological polar surface area (TPSA) is 136 Å². The second-order valence-electron chi connectivity index (χ2n) is 3.73. The van der Waals surface area contributed by atoms with Crippen LogP contribution in [0.15, 0.2) is 4.99 Å². The minimum Gasteiger partial charge on any atom is -0.374 e. The summed E-state index contributed by atoms with van der Waals surface area (Å²) in [4.78, 5) is 19.3. The summed E-state index contributed by atoms with van der Waals surface area (Å²) in [7, 11) is -9.76. The van der Waals surface area contributed by atoms with Gasteiger partial charge in [-0.05, 0) is 12.8 Å². The molecular weight excluding hydrogens is 271 g/mol. The van der Waals surface area contributed by atoms with Crippen molar-refractivity contribution in [3.8, 4) is 0 Å². The van der Waals surface area contributed by atoms with Gasteiger partial charge in [0.1, 0.15) is 0 Å². The molecule has 0 aromatic heterocycles. The molecule has 0 aliphatic carbocycles. The molecule has 1 heterocycles. The molecule has 0 saturated carbocycles. The first-order chi connectivity index (χ1) is 7.71. The monoisotopic (exact) mass is 286 g/mol. The summed E-state index contributed by atoms with van der Waals surface area (Å²) in [6, 6.07) is 0. The van der Waals surface area contributed by atoms with E-state index in [1.165, 1.54) is 0 Å². The van der Waals surface area contributed by atoms with Crippen LogP contribution in [0.2, 0.25) is 0 Å². The van der Waals surface area contributed by atoms with E-state index in [0.717, 1.165) is 12.8 Å². The van der Waals surface area contributed by atoms with Crippen molar-refractivity contribution in [2.24, 2.45) is 4.99 Å². The Morgan fingerprint density at radius 3 is 2.47 bits per heavy atom. The molecule has 100 valence electrons. The van der Waals surface area contributed by atoms with Crippen molar-refractivity contribution < 1.29 is 27.3 Å². The predicted octanol–water partition coefficient (Wildman–Crippen LogP) is -0.450. The Morgan fingerprint density at radius 1 is 1.41 bits per heavy atom. The molecule has 0 aromatic carbocycles. The highest BCUT2D eigenvalue weighted by atomic mass is 32.2. The van der Waals surface area contributed by atoms with Crippen LogP contribution in [0.3, 0.4) is 0 Å². The highest BCUT2D eigenvalue weighted by Crippen LogP contribution is 2.43. The molecule has 1 rings (SSSR count). The molecule has 1 saturated heterocycles. The lowest BCUT2D eigenvalue weighted by atomic mass is 10.1. The standard InChI is InChI=1S/C7H15N2O6PS/c10-16(11,12)7(17(13,14)15)5-9-6-3-1-2-4-8-6/h7H,1-5H2,(H,8,9)(H2,10,11,12)(H,13,14,15). The van der Waals surface area contributed by atoms with Crippen LogP contribution in [0.4, 0.5) is 0 Å². The molecule has 8 nitrogen and oxygen atoms in total. The molecule has 0 aromatic rings. The molecule has 1 aliphatic heterocycles. The molecule has 0 spiro atoms. The molecule has 0 bridgehead atoms. The first kappa shape index (κ1) is 14.6. The first-order valence-corrected chi connectivity index (χ1v) is 8.18. The van der Waals surface area contributed by atoms with Crippen molar-refractivity contribution in [3.63, 3.8) is 0 Å². The SMILES string of the molecule is O=P(O)(O)C(C/N=C1\CCCCN1)S(=O)(=O)O. The van der Waals surface area contributed by atoms with Gasteiger partial charge in [0.25, 0.3) is 10.1 Å². The normalized spacial score (nSPS) is 22.2. The first-order valence-electron chi connectivity index (χ1n) is 5.00. The third kappa shape index (κ3) is 4.72. The number of hydrogen-bond donors (Lipinski definition) is 4. The molecule has 0 amide bonds. The Balaban J connectivity index is 2.78. The third-order valence-electron chi connectivity index (χ3n) is 2.33. The zero-order valence-corrected chi connectivity index (χ0v) is 10.7. The summed E-state index contributed by atoms with van der Waals surface area (Å²) in [5, 5.41) is 2.90. The molecule has 4 N–H and O–H groups in total. The van der Waals surface area contributed by atoms with Crippen LogP contribution in [0, 0.1) is 0 Å². The second kappa shape index (κ2) is 5.45. The Kier molecular flexibility index (Phi) is 4.68. The molecule has 10 heteroatoms. The van der Waals surface area contributed by atoms with E-state index in [1.54, 1.807) is 0 Å². The minimum atomic E-state index is -4.94. The van der Waals surface area contributed by atoms with E-state index in [4.69, 9.17) is 14.3 Å². The maximum Gasteiger partial charge on any atom is 0.348 e. The van der Waals surface area contributed by atoms with E-state index in [9.17, 15) is 13.0 Å². The van der Waals surface area contributed by atoms with Gasteiger partial charge in [-0.25, -0.2) is 0 Å². The van der Waals surface area contributed by atoms with Crippen molar-refractivity contribution in [1.82, 2.24) is 5.32 Å². The fourth-order valence-corrected chi connectivity index (χ4v) is 3.38. The summed E-state index contributed by atoms with van der Waals surface area (Å²) in [6.45, 7) is 0.0523. The van der Waals surface area contributed by atoms with Crippen LogP contribution in [-0.4, -0.2) is 46.7 Å². The van der Waals surface area contributed by atoms with Crippen LogP contribution >= 0.6 is 7.60 Å². The second-order valence-corrected chi connectivity index (χ2v) is 7.48. The average molecular weight is 286 g/mol. The van der Waals surface area contributed by atoms with Gasteiger partial charge in [0, 0.05) is 13.0 Å². The molecule has 1 atom stereocenters. The van der Waals surface area contributed by atoms with Gasteiger partial charge >= 0.3 is 7.60 Å². The van der Waals surface area contributed by atoms with E-state index >= 15 is 0 Å². The quantitative estimate of drug-likeness (QED) is 0.406. The van der Waals surface area contributed by atoms with E-state index < -0.39 is 29.2 Å². The van der Waals surface area contributed by atoms with Gasteiger partial charge in [-0.15, -0.1) is 0 Å². The van der Waals surface area contributed by atoms with Gasteiger partial charge in [-0.3, -0.25) is 14.1 Å². The van der Waals surface area contributed by atoms with Crippen LogP contribution in [-0.2, 0) is 14.7 Å². The molecular formula is C7H15N2O6PS. The minimum absolute atomic E-state index is 0.512. The highest BCUT2D eigenvalue weighted by Gasteiger charge is 2.39. The fraction of sp³-hybridized carbons (Fsp3) is 0.857. The van der Waals surface area contributed by atoms with Crippen LogP contribution < -0.4 is 5.32 Å². The van der Waals surface area contributed by atoms with Crippen molar-refractivity contribution in [3.05, 3.63) is 0 Å². The van der Waals surface area contributed by atoms with E-state index in [0.29, 0.717) is 18.8 Å². The summed E-state index contributed by atoms with van der Waals surface area (Å²) < 4.78 is 41.3. The number of hydrogen-bond acceptors (Lipinski definition) is 4. The van der Waals surface area contributed by atoms with E-state index in [2.05, 4.69) is 10.3 Å². The molecule has 1 unspecified atom stereocenters. The predicted molar refractivity (Wildman–Crippen MR) is 61.5 cm³/mol. The van der Waals surface area contributed by atoms with E-state index in [-0.39, 0.29) is 0 Å². The van der Waals surface area contributed by atoms with Gasteiger partial charge in [0.2, 0.25) is 4.99 Å². The Labute approximate surface area is 99.0 Å². The largest absolute Gasteiger partial charge is 0.374 e. The number of rotatable bonds is 4.